The first-order valence-electron chi connectivity index (χ1n) is 8.21. The summed E-state index contributed by atoms with van der Waals surface area (Å²) in [5, 5.41) is 0. The molecule has 0 aromatic heterocycles. The molecule has 0 fully saturated rings. The maximum atomic E-state index is 12.7. The topological polar surface area (TPSA) is 48.0 Å². The van der Waals surface area contributed by atoms with E-state index in [1.807, 2.05) is 50.2 Å². The van der Waals surface area contributed by atoms with Crippen LogP contribution in [0.5, 0.6) is 17.2 Å². The molecule has 138 valence electrons. The fourth-order valence-electron chi connectivity index (χ4n) is 2.61. The highest BCUT2D eigenvalue weighted by Crippen LogP contribution is 2.38. The van der Waals surface area contributed by atoms with Gasteiger partial charge in [0.25, 0.3) is 0 Å². The smallest absolute Gasteiger partial charge is 0.203 e. The lowest BCUT2D eigenvalue weighted by Crippen LogP contribution is -2.08. The number of carbonyl (C=O) groups excluding carboxylic acids is 1. The Hall–Kier alpha value is -2.95. The van der Waals surface area contributed by atoms with Crippen LogP contribution in [0.25, 0.3) is 5.57 Å². The van der Waals surface area contributed by atoms with Gasteiger partial charge in [0, 0.05) is 25.3 Å². The van der Waals surface area contributed by atoms with Gasteiger partial charge >= 0.3 is 0 Å². The average molecular weight is 355 g/mol. The van der Waals surface area contributed by atoms with Gasteiger partial charge in [0.2, 0.25) is 5.75 Å². The van der Waals surface area contributed by atoms with E-state index < -0.39 is 0 Å². The molecule has 2 rings (SSSR count). The Bertz CT molecular complexity index is 782. The maximum Gasteiger partial charge on any atom is 0.203 e. The highest BCUT2D eigenvalue weighted by Gasteiger charge is 2.16. The standard InChI is InChI=1S/C21H25NO4/c1-14(15-7-9-17(10-8-15)22(2)3)11-18(23)16-12-19(24-4)21(26-6)20(13-16)25-5/h7-13H,1-6H3/b14-11+. The van der Waals surface area contributed by atoms with Gasteiger partial charge in [0.15, 0.2) is 17.3 Å². The molecule has 0 unspecified atom stereocenters. The fourth-order valence-corrected chi connectivity index (χ4v) is 2.61. The first-order valence-corrected chi connectivity index (χ1v) is 8.21. The summed E-state index contributed by atoms with van der Waals surface area (Å²) in [6.45, 7) is 1.92. The highest BCUT2D eigenvalue weighted by atomic mass is 16.5. The number of benzene rings is 2. The molecule has 0 aliphatic rings. The summed E-state index contributed by atoms with van der Waals surface area (Å²) in [7, 11) is 8.57. The van der Waals surface area contributed by atoms with Gasteiger partial charge in [-0.25, -0.2) is 0 Å². The number of ether oxygens (including phenoxy) is 3. The molecule has 0 heterocycles. The highest BCUT2D eigenvalue weighted by molar-refractivity contribution is 6.09. The van der Waals surface area contributed by atoms with Gasteiger partial charge in [-0.05, 0) is 48.4 Å². The van der Waals surface area contributed by atoms with Gasteiger partial charge in [-0.15, -0.1) is 0 Å². The number of rotatable bonds is 7. The third kappa shape index (κ3) is 4.17. The molecule has 0 aliphatic heterocycles. The molecule has 0 atom stereocenters. The van der Waals surface area contributed by atoms with E-state index in [-0.39, 0.29) is 5.78 Å². The Labute approximate surface area is 154 Å². The predicted octanol–water partition coefficient (Wildman–Crippen LogP) is 4.06. The van der Waals surface area contributed by atoms with Crippen LogP contribution in [0.4, 0.5) is 5.69 Å². The Morgan fingerprint density at radius 2 is 1.42 bits per heavy atom. The molecule has 0 N–H and O–H groups in total. The van der Waals surface area contributed by atoms with Crippen molar-refractivity contribution in [3.8, 4) is 17.2 Å². The van der Waals surface area contributed by atoms with E-state index in [0.717, 1.165) is 16.8 Å². The van der Waals surface area contributed by atoms with Crippen LogP contribution in [-0.4, -0.2) is 41.2 Å². The number of methoxy groups -OCH3 is 3. The monoisotopic (exact) mass is 355 g/mol. The summed E-state index contributed by atoms with van der Waals surface area (Å²) in [4.78, 5) is 14.7. The minimum Gasteiger partial charge on any atom is -0.493 e. The SMILES string of the molecule is COc1cc(C(=O)/C=C(\C)c2ccc(N(C)C)cc2)cc(OC)c1OC. The lowest BCUT2D eigenvalue weighted by Gasteiger charge is -2.14. The average Bonchev–Trinajstić information content (AvgIpc) is 2.66. The third-order valence-corrected chi connectivity index (χ3v) is 4.14. The molecule has 2 aromatic carbocycles. The van der Waals surface area contributed by atoms with E-state index >= 15 is 0 Å². The molecule has 0 spiro atoms. The summed E-state index contributed by atoms with van der Waals surface area (Å²) >= 11 is 0. The second-order valence-electron chi connectivity index (χ2n) is 6.05. The van der Waals surface area contributed by atoms with E-state index in [1.165, 1.54) is 21.3 Å². The number of carbonyl (C=O) groups is 1. The second-order valence-corrected chi connectivity index (χ2v) is 6.05. The van der Waals surface area contributed by atoms with Crippen molar-refractivity contribution in [1.29, 1.82) is 0 Å². The molecule has 0 amide bonds. The van der Waals surface area contributed by atoms with Gasteiger partial charge in [-0.3, -0.25) is 4.79 Å². The second kappa shape index (κ2) is 8.43. The molecule has 0 bridgehead atoms. The molecular formula is C21H25NO4. The molecule has 2 aromatic rings. The molecule has 5 nitrogen and oxygen atoms in total. The lowest BCUT2D eigenvalue weighted by molar-refractivity contribution is 0.104. The Kier molecular flexibility index (Phi) is 6.28. The van der Waals surface area contributed by atoms with Crippen molar-refractivity contribution >= 4 is 17.0 Å². The molecule has 0 radical (unpaired) electrons. The van der Waals surface area contributed by atoms with Crippen LogP contribution in [0.15, 0.2) is 42.5 Å². The number of anilines is 1. The van der Waals surface area contributed by atoms with E-state index in [1.54, 1.807) is 18.2 Å². The summed E-state index contributed by atoms with van der Waals surface area (Å²) in [5.41, 5.74) is 3.46. The quantitative estimate of drug-likeness (QED) is 0.554. The third-order valence-electron chi connectivity index (χ3n) is 4.14. The van der Waals surface area contributed by atoms with Crippen LogP contribution >= 0.6 is 0 Å². The van der Waals surface area contributed by atoms with Crippen LogP contribution < -0.4 is 19.1 Å². The number of ketones is 1. The normalized spacial score (nSPS) is 11.1. The molecule has 5 heteroatoms. The van der Waals surface area contributed by atoms with Crippen LogP contribution in [0.3, 0.4) is 0 Å². The van der Waals surface area contributed by atoms with Crippen LogP contribution in [0, 0.1) is 0 Å². The largest absolute Gasteiger partial charge is 0.493 e. The Balaban J connectivity index is 2.34. The number of hydrogen-bond acceptors (Lipinski definition) is 5. The van der Waals surface area contributed by atoms with Gasteiger partial charge < -0.3 is 19.1 Å². The Morgan fingerprint density at radius 3 is 1.85 bits per heavy atom. The zero-order valence-corrected chi connectivity index (χ0v) is 16.1. The zero-order valence-electron chi connectivity index (χ0n) is 16.1. The van der Waals surface area contributed by atoms with Gasteiger partial charge in [0.05, 0.1) is 21.3 Å². The van der Waals surface area contributed by atoms with Crippen molar-refractivity contribution in [3.63, 3.8) is 0 Å². The van der Waals surface area contributed by atoms with E-state index in [9.17, 15) is 4.79 Å². The first-order chi connectivity index (χ1) is 12.4. The first kappa shape index (κ1) is 19.4. The van der Waals surface area contributed by atoms with Crippen molar-refractivity contribution in [2.24, 2.45) is 0 Å². The van der Waals surface area contributed by atoms with Gasteiger partial charge in [0.1, 0.15) is 0 Å². The maximum absolute atomic E-state index is 12.7. The van der Waals surface area contributed by atoms with E-state index in [2.05, 4.69) is 0 Å². The van der Waals surface area contributed by atoms with Crippen molar-refractivity contribution in [3.05, 3.63) is 53.6 Å². The minimum absolute atomic E-state index is 0.126. The summed E-state index contributed by atoms with van der Waals surface area (Å²) in [6, 6.07) is 11.4. The number of nitrogens with zero attached hydrogens (tertiary/aromatic N) is 1. The van der Waals surface area contributed by atoms with Crippen LogP contribution in [-0.2, 0) is 0 Å². The van der Waals surface area contributed by atoms with Crippen LogP contribution in [0.2, 0.25) is 0 Å². The Morgan fingerprint density at radius 1 is 0.885 bits per heavy atom. The van der Waals surface area contributed by atoms with E-state index in [4.69, 9.17) is 14.2 Å². The van der Waals surface area contributed by atoms with Gasteiger partial charge in [-0.1, -0.05) is 12.1 Å². The van der Waals surface area contributed by atoms with Crippen LogP contribution in [0.1, 0.15) is 22.8 Å². The summed E-state index contributed by atoms with van der Waals surface area (Å²) in [6.07, 6.45) is 1.62. The van der Waals surface area contributed by atoms with Crippen molar-refractivity contribution in [2.45, 2.75) is 6.92 Å². The van der Waals surface area contributed by atoms with Crippen molar-refractivity contribution in [2.75, 3.05) is 40.3 Å². The van der Waals surface area contributed by atoms with E-state index in [0.29, 0.717) is 22.8 Å². The molecule has 0 aliphatic carbocycles. The minimum atomic E-state index is -0.126. The van der Waals surface area contributed by atoms with Crippen molar-refractivity contribution < 1.29 is 19.0 Å². The lowest BCUT2D eigenvalue weighted by atomic mass is 10.0. The molecule has 0 saturated heterocycles. The number of allylic oxidation sites excluding steroid dienone is 2. The summed E-state index contributed by atoms with van der Waals surface area (Å²) < 4.78 is 15.9. The molecule has 26 heavy (non-hydrogen) atoms. The predicted molar refractivity (Wildman–Crippen MR) is 105 cm³/mol. The van der Waals surface area contributed by atoms with Gasteiger partial charge in [-0.2, -0.15) is 0 Å². The molecular weight excluding hydrogens is 330 g/mol. The fraction of sp³-hybridized carbons (Fsp3) is 0.286. The number of hydrogen-bond donors (Lipinski definition) is 0. The zero-order chi connectivity index (χ0) is 19.3. The van der Waals surface area contributed by atoms with Crippen molar-refractivity contribution in [1.82, 2.24) is 0 Å². The summed E-state index contributed by atoms with van der Waals surface area (Å²) in [5.74, 6) is 1.25. The molecule has 0 saturated carbocycles.